The van der Waals surface area contributed by atoms with Gasteiger partial charge in [-0.3, -0.25) is 0 Å². The van der Waals surface area contributed by atoms with E-state index in [2.05, 4.69) is 0 Å². The number of sulfonamides is 1. The van der Waals surface area contributed by atoms with Gasteiger partial charge in [0, 0.05) is 16.5 Å². The van der Waals surface area contributed by atoms with Gasteiger partial charge in [-0.25, -0.2) is 8.42 Å². The minimum atomic E-state index is -3.15. The molecule has 0 aromatic carbocycles. The molecule has 0 aromatic rings. The smallest absolute Gasteiger partial charge is 0.218 e. The van der Waals surface area contributed by atoms with Gasteiger partial charge in [-0.1, -0.05) is 30.9 Å². The summed E-state index contributed by atoms with van der Waals surface area (Å²) < 4.78 is 33.7. The highest BCUT2D eigenvalue weighted by molar-refractivity contribution is 8.03. The van der Waals surface area contributed by atoms with Gasteiger partial charge in [0.1, 0.15) is 5.56 Å². The highest BCUT2D eigenvalue weighted by Crippen LogP contribution is 2.58. The molecule has 7 heteroatoms. The fourth-order valence-corrected chi connectivity index (χ4v) is 9.95. The van der Waals surface area contributed by atoms with Gasteiger partial charge in [0.15, 0.2) is 0 Å². The maximum Gasteiger partial charge on any atom is 0.218 e. The zero-order valence-corrected chi connectivity index (χ0v) is 14.5. The van der Waals surface area contributed by atoms with Gasteiger partial charge in [-0.05, 0) is 26.2 Å². The summed E-state index contributed by atoms with van der Waals surface area (Å²) in [5.74, 6) is 0. The van der Waals surface area contributed by atoms with Gasteiger partial charge in [0.2, 0.25) is 10.0 Å². The zero-order chi connectivity index (χ0) is 14.8. The van der Waals surface area contributed by atoms with Crippen LogP contribution < -0.4 is 0 Å². The van der Waals surface area contributed by atoms with Crippen molar-refractivity contribution in [3.05, 3.63) is 0 Å². The SMILES string of the molecule is CC(Cl)OC1C2CC3C(S2)C1N(C1CCCCC1)S3(=O)=O. The summed E-state index contributed by atoms with van der Waals surface area (Å²) in [5.41, 5.74) is -0.357. The normalized spacial score (nSPS) is 47.0. The second-order valence-corrected chi connectivity index (χ2v) is 10.8. The van der Waals surface area contributed by atoms with E-state index < -0.39 is 10.0 Å². The Hall–Kier alpha value is 0.510. The van der Waals surface area contributed by atoms with Crippen molar-refractivity contribution in [1.82, 2.24) is 4.31 Å². The minimum absolute atomic E-state index is 0.0213. The first-order valence-corrected chi connectivity index (χ1v) is 10.9. The van der Waals surface area contributed by atoms with E-state index in [1.54, 1.807) is 0 Å². The van der Waals surface area contributed by atoms with E-state index in [1.807, 2.05) is 23.0 Å². The maximum absolute atomic E-state index is 13.0. The van der Waals surface area contributed by atoms with Crippen LogP contribution in [0.5, 0.6) is 0 Å². The fourth-order valence-electron chi connectivity index (χ4n) is 4.71. The van der Waals surface area contributed by atoms with Crippen LogP contribution in [0.15, 0.2) is 0 Å². The van der Waals surface area contributed by atoms with Crippen molar-refractivity contribution in [2.75, 3.05) is 0 Å². The predicted molar refractivity (Wildman–Crippen MR) is 85.2 cm³/mol. The van der Waals surface area contributed by atoms with Crippen LogP contribution in [-0.4, -0.2) is 52.2 Å². The topological polar surface area (TPSA) is 46.6 Å². The van der Waals surface area contributed by atoms with Crippen molar-refractivity contribution in [2.45, 2.75) is 84.9 Å². The molecular formula is C14H22ClNO3S2. The van der Waals surface area contributed by atoms with Gasteiger partial charge < -0.3 is 4.74 Å². The summed E-state index contributed by atoms with van der Waals surface area (Å²) in [6.07, 6.45) is 6.26. The number of thioether (sulfide) groups is 1. The van der Waals surface area contributed by atoms with E-state index in [-0.39, 0.29) is 34.3 Å². The second kappa shape index (κ2) is 5.26. The average molecular weight is 352 g/mol. The van der Waals surface area contributed by atoms with E-state index in [0.29, 0.717) is 5.25 Å². The van der Waals surface area contributed by atoms with Gasteiger partial charge in [-0.15, -0.1) is 11.8 Å². The maximum atomic E-state index is 13.0. The summed E-state index contributed by atoms with van der Waals surface area (Å²) in [6.45, 7) is 1.82. The molecular weight excluding hydrogens is 330 g/mol. The summed E-state index contributed by atoms with van der Waals surface area (Å²) in [4.78, 5) is 0. The molecule has 4 fully saturated rings. The van der Waals surface area contributed by atoms with Crippen LogP contribution in [0.2, 0.25) is 0 Å². The Balaban J connectivity index is 1.68. The predicted octanol–water partition coefficient (Wildman–Crippen LogP) is 2.56. The Kier molecular flexibility index (Phi) is 3.78. The van der Waals surface area contributed by atoms with Crippen molar-refractivity contribution in [3.63, 3.8) is 0 Å². The molecule has 0 N–H and O–H groups in total. The standard InChI is InChI=1S/C14H22ClNO3S2/c1-8(15)19-13-10-7-11-14(20-10)12(13)16(21(11,17)18)9-5-3-2-4-6-9/h8-14H,2-7H2,1H3. The lowest BCUT2D eigenvalue weighted by Gasteiger charge is -2.36. The number of hydrogen-bond acceptors (Lipinski definition) is 4. The molecule has 0 aromatic heterocycles. The highest BCUT2D eigenvalue weighted by Gasteiger charge is 2.68. The van der Waals surface area contributed by atoms with E-state index in [1.165, 1.54) is 6.42 Å². The molecule has 21 heavy (non-hydrogen) atoms. The summed E-state index contributed by atoms with van der Waals surface area (Å²) in [5, 5.41) is 0.321. The molecule has 0 radical (unpaired) electrons. The fraction of sp³-hybridized carbons (Fsp3) is 1.00. The number of ether oxygens (including phenoxy) is 1. The van der Waals surface area contributed by atoms with Crippen molar-refractivity contribution in [2.24, 2.45) is 0 Å². The monoisotopic (exact) mass is 351 g/mol. The van der Waals surface area contributed by atoms with Crippen LogP contribution in [0.4, 0.5) is 0 Å². The van der Waals surface area contributed by atoms with E-state index >= 15 is 0 Å². The molecule has 0 spiro atoms. The third-order valence-electron chi connectivity index (χ3n) is 5.45. The average Bonchev–Trinajstić information content (AvgIpc) is 3.03. The van der Waals surface area contributed by atoms with E-state index in [9.17, 15) is 8.42 Å². The Morgan fingerprint density at radius 1 is 1.29 bits per heavy atom. The lowest BCUT2D eigenvalue weighted by molar-refractivity contribution is -0.00997. The van der Waals surface area contributed by atoms with Gasteiger partial charge >= 0.3 is 0 Å². The Morgan fingerprint density at radius 2 is 2.00 bits per heavy atom. The molecule has 4 aliphatic rings. The molecule has 0 amide bonds. The van der Waals surface area contributed by atoms with Crippen molar-refractivity contribution < 1.29 is 13.2 Å². The molecule has 3 heterocycles. The lowest BCUT2D eigenvalue weighted by Crippen LogP contribution is -2.50. The highest BCUT2D eigenvalue weighted by atomic mass is 35.5. The molecule has 1 saturated carbocycles. The lowest BCUT2D eigenvalue weighted by atomic mass is 9.89. The van der Waals surface area contributed by atoms with Crippen LogP contribution in [0.25, 0.3) is 0 Å². The van der Waals surface area contributed by atoms with Crippen molar-refractivity contribution >= 4 is 33.4 Å². The number of rotatable bonds is 3. The van der Waals surface area contributed by atoms with E-state index in [4.69, 9.17) is 16.3 Å². The van der Waals surface area contributed by atoms with Gasteiger partial charge in [0.05, 0.1) is 17.4 Å². The van der Waals surface area contributed by atoms with Crippen LogP contribution >= 0.6 is 23.4 Å². The Bertz CT molecular complexity index is 520. The van der Waals surface area contributed by atoms with Crippen molar-refractivity contribution in [3.8, 4) is 0 Å². The molecule has 1 aliphatic carbocycles. The minimum Gasteiger partial charge on any atom is -0.357 e. The van der Waals surface area contributed by atoms with Crippen molar-refractivity contribution in [1.29, 1.82) is 0 Å². The molecule has 6 atom stereocenters. The van der Waals surface area contributed by atoms with Crippen LogP contribution in [0.3, 0.4) is 0 Å². The molecule has 6 unspecified atom stereocenters. The first-order valence-electron chi connectivity index (χ1n) is 7.97. The molecule has 2 bridgehead atoms. The van der Waals surface area contributed by atoms with Crippen LogP contribution in [-0.2, 0) is 14.8 Å². The Labute approximate surface area is 136 Å². The Morgan fingerprint density at radius 3 is 2.67 bits per heavy atom. The first kappa shape index (κ1) is 15.1. The summed E-state index contributed by atoms with van der Waals surface area (Å²) in [6, 6.07) is 0.212. The molecule has 4 nitrogen and oxygen atoms in total. The quantitative estimate of drug-likeness (QED) is 0.733. The number of alkyl halides is 1. The number of fused-ring (bicyclic) bond motifs is 1. The van der Waals surface area contributed by atoms with E-state index in [0.717, 1.165) is 32.1 Å². The number of hydrogen-bond donors (Lipinski definition) is 0. The summed E-state index contributed by atoms with van der Waals surface area (Å²) >= 11 is 7.86. The van der Waals surface area contributed by atoms with Crippen LogP contribution in [0.1, 0.15) is 45.4 Å². The van der Waals surface area contributed by atoms with Gasteiger partial charge in [0.25, 0.3) is 0 Å². The number of halogens is 1. The molecule has 3 saturated heterocycles. The first-order chi connectivity index (χ1) is 10.00. The molecule has 3 aliphatic heterocycles. The summed E-state index contributed by atoms with van der Waals surface area (Å²) in [7, 11) is -3.15. The third-order valence-corrected chi connectivity index (χ3v) is 9.84. The number of nitrogens with zero attached hydrogens (tertiary/aromatic N) is 1. The molecule has 4 rings (SSSR count). The largest absolute Gasteiger partial charge is 0.357 e. The molecule has 120 valence electrons. The second-order valence-electron chi connectivity index (χ2n) is 6.71. The third kappa shape index (κ3) is 2.20. The zero-order valence-electron chi connectivity index (χ0n) is 12.2. The van der Waals surface area contributed by atoms with Gasteiger partial charge in [-0.2, -0.15) is 4.31 Å². The van der Waals surface area contributed by atoms with Crippen LogP contribution in [0, 0.1) is 0 Å².